The van der Waals surface area contributed by atoms with Crippen LogP contribution in [0.2, 0.25) is 0 Å². The van der Waals surface area contributed by atoms with E-state index in [1.165, 1.54) is 12.3 Å². The van der Waals surface area contributed by atoms with E-state index in [2.05, 4.69) is 14.9 Å². The largest absolute Gasteiger partial charge is 0.515 e. The van der Waals surface area contributed by atoms with Gasteiger partial charge in [-0.25, -0.2) is 9.89 Å². The number of ether oxygens (including phenoxy) is 2. The molecule has 0 atom stereocenters. The topological polar surface area (TPSA) is 64.2 Å². The molecule has 0 unspecified atom stereocenters. The van der Waals surface area contributed by atoms with Gasteiger partial charge in [-0.1, -0.05) is 0 Å². The number of rotatable bonds is 2. The number of aromatic nitrogens is 2. The van der Waals surface area contributed by atoms with Crippen LogP contribution in [0.25, 0.3) is 0 Å². The summed E-state index contributed by atoms with van der Waals surface area (Å²) < 4.78 is 9.40. The first-order valence-electron chi connectivity index (χ1n) is 3.56. The van der Waals surface area contributed by atoms with E-state index in [0.717, 1.165) is 0 Å². The number of nitrogens with one attached hydrogen (secondary N) is 1. The summed E-state index contributed by atoms with van der Waals surface area (Å²) in [5.74, 6) is 0.278. The molecule has 0 saturated carbocycles. The molecule has 5 nitrogen and oxygen atoms in total. The van der Waals surface area contributed by atoms with E-state index in [1.807, 2.05) is 0 Å². The molecule has 0 amide bonds. The summed E-state index contributed by atoms with van der Waals surface area (Å²) in [5, 5.41) is 6.06. The highest BCUT2D eigenvalue weighted by Crippen LogP contribution is 2.04. The molecular formula is C7H10N2O3. The highest BCUT2D eigenvalue weighted by Gasteiger charge is 2.07. The molecule has 0 bridgehead atoms. The first kappa shape index (κ1) is 8.58. The second-order valence-electron chi connectivity index (χ2n) is 2.44. The second-order valence-corrected chi connectivity index (χ2v) is 2.44. The molecule has 0 aliphatic heterocycles. The van der Waals surface area contributed by atoms with Gasteiger partial charge in [-0.15, -0.1) is 0 Å². The Morgan fingerprint density at radius 2 is 2.42 bits per heavy atom. The normalized spacial score (nSPS) is 9.92. The van der Waals surface area contributed by atoms with Gasteiger partial charge >= 0.3 is 6.16 Å². The van der Waals surface area contributed by atoms with Gasteiger partial charge in [0.1, 0.15) is 0 Å². The van der Waals surface area contributed by atoms with Crippen molar-refractivity contribution in [2.75, 3.05) is 0 Å². The van der Waals surface area contributed by atoms with Crippen molar-refractivity contribution >= 4 is 6.16 Å². The van der Waals surface area contributed by atoms with Crippen LogP contribution < -0.4 is 4.74 Å². The minimum Gasteiger partial charge on any atom is -0.431 e. The molecule has 0 aliphatic rings. The van der Waals surface area contributed by atoms with Crippen molar-refractivity contribution < 1.29 is 14.3 Å². The van der Waals surface area contributed by atoms with Crippen molar-refractivity contribution in [2.24, 2.45) is 0 Å². The Balaban J connectivity index is 2.37. The van der Waals surface area contributed by atoms with Crippen LogP contribution in [0.1, 0.15) is 13.8 Å². The summed E-state index contributed by atoms with van der Waals surface area (Å²) in [6, 6.07) is 1.53. The van der Waals surface area contributed by atoms with Crippen LogP contribution in [0, 0.1) is 0 Å². The molecule has 0 radical (unpaired) electrons. The summed E-state index contributed by atoms with van der Waals surface area (Å²) in [6.45, 7) is 3.49. The van der Waals surface area contributed by atoms with Gasteiger partial charge in [-0.2, -0.15) is 5.10 Å². The van der Waals surface area contributed by atoms with E-state index < -0.39 is 6.16 Å². The third-order valence-corrected chi connectivity index (χ3v) is 1.00. The van der Waals surface area contributed by atoms with E-state index in [4.69, 9.17) is 4.74 Å². The molecule has 12 heavy (non-hydrogen) atoms. The molecule has 66 valence electrons. The number of aromatic amines is 1. The fraction of sp³-hybridized carbons (Fsp3) is 0.429. The lowest BCUT2D eigenvalue weighted by molar-refractivity contribution is 0.0715. The molecule has 1 aromatic heterocycles. The maximum atomic E-state index is 10.8. The third kappa shape index (κ3) is 2.61. The van der Waals surface area contributed by atoms with Gasteiger partial charge in [-0.05, 0) is 13.8 Å². The van der Waals surface area contributed by atoms with Crippen molar-refractivity contribution in [3.8, 4) is 5.88 Å². The SMILES string of the molecule is CC(C)OC(=O)Oc1ccn[nH]1. The molecule has 5 heteroatoms. The summed E-state index contributed by atoms with van der Waals surface area (Å²) in [4.78, 5) is 10.8. The van der Waals surface area contributed by atoms with E-state index in [9.17, 15) is 4.79 Å². The fourth-order valence-electron chi connectivity index (χ4n) is 0.606. The Morgan fingerprint density at radius 1 is 1.67 bits per heavy atom. The molecule has 0 fully saturated rings. The summed E-state index contributed by atoms with van der Waals surface area (Å²) in [7, 11) is 0. The standard InChI is InChI=1S/C7H10N2O3/c1-5(2)11-7(10)12-6-3-4-8-9-6/h3-5H,1-2H3,(H,8,9). The van der Waals surface area contributed by atoms with Gasteiger partial charge in [-0.3, -0.25) is 0 Å². The maximum absolute atomic E-state index is 10.8. The average molecular weight is 170 g/mol. The predicted molar refractivity (Wildman–Crippen MR) is 40.8 cm³/mol. The quantitative estimate of drug-likeness (QED) is 0.680. The van der Waals surface area contributed by atoms with Gasteiger partial charge in [0, 0.05) is 6.07 Å². The predicted octanol–water partition coefficient (Wildman–Crippen LogP) is 1.33. The lowest BCUT2D eigenvalue weighted by atomic mass is 10.5. The van der Waals surface area contributed by atoms with E-state index in [0.29, 0.717) is 0 Å². The number of nitrogens with zero attached hydrogens (tertiary/aromatic N) is 1. The number of hydrogen-bond acceptors (Lipinski definition) is 4. The zero-order valence-corrected chi connectivity index (χ0v) is 6.90. The molecule has 0 spiro atoms. The van der Waals surface area contributed by atoms with Crippen LogP contribution in [0.3, 0.4) is 0 Å². The first-order chi connectivity index (χ1) is 5.68. The zero-order valence-electron chi connectivity index (χ0n) is 6.90. The zero-order chi connectivity index (χ0) is 8.97. The maximum Gasteiger partial charge on any atom is 0.515 e. The van der Waals surface area contributed by atoms with E-state index in [-0.39, 0.29) is 12.0 Å². The highest BCUT2D eigenvalue weighted by molar-refractivity contribution is 5.63. The molecule has 1 rings (SSSR count). The average Bonchev–Trinajstić information content (AvgIpc) is 2.37. The van der Waals surface area contributed by atoms with Crippen molar-refractivity contribution in [3.63, 3.8) is 0 Å². The van der Waals surface area contributed by atoms with Crippen LogP contribution in [-0.2, 0) is 4.74 Å². The monoisotopic (exact) mass is 170 g/mol. The molecule has 0 aromatic carbocycles. The minimum atomic E-state index is -0.728. The van der Waals surface area contributed by atoms with Gasteiger partial charge in [0.05, 0.1) is 12.3 Å². The van der Waals surface area contributed by atoms with Gasteiger partial charge < -0.3 is 9.47 Å². The van der Waals surface area contributed by atoms with Crippen molar-refractivity contribution in [2.45, 2.75) is 20.0 Å². The number of H-pyrrole nitrogens is 1. The van der Waals surface area contributed by atoms with Crippen molar-refractivity contribution in [1.82, 2.24) is 10.2 Å². The number of carbonyl (C=O) groups excluding carboxylic acids is 1. The number of carbonyl (C=O) groups is 1. The molecule has 1 aromatic rings. The van der Waals surface area contributed by atoms with Crippen LogP contribution >= 0.6 is 0 Å². The van der Waals surface area contributed by atoms with Crippen LogP contribution in [-0.4, -0.2) is 22.5 Å². The van der Waals surface area contributed by atoms with E-state index in [1.54, 1.807) is 13.8 Å². The lowest BCUT2D eigenvalue weighted by Crippen LogP contribution is -2.15. The first-order valence-corrected chi connectivity index (χ1v) is 3.56. The van der Waals surface area contributed by atoms with Crippen molar-refractivity contribution in [3.05, 3.63) is 12.3 Å². The Bertz CT molecular complexity index is 243. The van der Waals surface area contributed by atoms with Crippen molar-refractivity contribution in [1.29, 1.82) is 0 Å². The molecule has 1 N–H and O–H groups in total. The highest BCUT2D eigenvalue weighted by atomic mass is 16.7. The smallest absolute Gasteiger partial charge is 0.431 e. The van der Waals surface area contributed by atoms with Gasteiger partial charge in [0.15, 0.2) is 0 Å². The molecular weight excluding hydrogens is 160 g/mol. The van der Waals surface area contributed by atoms with Crippen LogP contribution in [0.5, 0.6) is 5.88 Å². The summed E-state index contributed by atoms with van der Waals surface area (Å²) in [5.41, 5.74) is 0. The Hall–Kier alpha value is -1.52. The van der Waals surface area contributed by atoms with Crippen LogP contribution in [0.15, 0.2) is 12.3 Å². The minimum absolute atomic E-state index is 0.180. The molecule has 0 saturated heterocycles. The summed E-state index contributed by atoms with van der Waals surface area (Å²) in [6.07, 6.45) is 0.576. The fourth-order valence-corrected chi connectivity index (χ4v) is 0.606. The van der Waals surface area contributed by atoms with Gasteiger partial charge in [0.25, 0.3) is 0 Å². The molecule has 0 aliphatic carbocycles. The van der Waals surface area contributed by atoms with Gasteiger partial charge in [0.2, 0.25) is 5.88 Å². The third-order valence-electron chi connectivity index (χ3n) is 1.00. The van der Waals surface area contributed by atoms with E-state index >= 15 is 0 Å². The Kier molecular flexibility index (Phi) is 2.68. The summed E-state index contributed by atoms with van der Waals surface area (Å²) >= 11 is 0. The number of hydrogen-bond donors (Lipinski definition) is 1. The van der Waals surface area contributed by atoms with Crippen LogP contribution in [0.4, 0.5) is 4.79 Å². The Labute approximate surface area is 69.7 Å². The lowest BCUT2D eigenvalue weighted by Gasteiger charge is -2.05. The molecule has 1 heterocycles. The second kappa shape index (κ2) is 3.75. The Morgan fingerprint density at radius 3 is 2.92 bits per heavy atom.